The number of rotatable bonds is 5. The fraction of sp³-hybridized carbons (Fsp3) is 0.440. The molecule has 2 aromatic rings. The van der Waals surface area contributed by atoms with Crippen LogP contribution in [0.15, 0.2) is 54.1 Å². The smallest absolute Gasteiger partial charge is 0.104 e. The number of benzene rings is 2. The van der Waals surface area contributed by atoms with Crippen molar-refractivity contribution in [3.05, 3.63) is 69.7 Å². The van der Waals surface area contributed by atoms with Crippen LogP contribution in [-0.2, 0) is 6.54 Å². The molecule has 1 fully saturated rings. The van der Waals surface area contributed by atoms with Crippen molar-refractivity contribution in [2.75, 3.05) is 20.6 Å². The highest BCUT2D eigenvalue weighted by atomic mass is 127. The summed E-state index contributed by atoms with van der Waals surface area (Å²) in [6.07, 6.45) is 5.17. The van der Waals surface area contributed by atoms with Crippen molar-refractivity contribution in [2.24, 2.45) is 17.3 Å². The minimum atomic E-state index is 0. The van der Waals surface area contributed by atoms with Gasteiger partial charge in [-0.25, -0.2) is 0 Å². The third-order valence-electron chi connectivity index (χ3n) is 7.00. The lowest BCUT2D eigenvalue weighted by atomic mass is 9.49. The molecule has 156 valence electrons. The third kappa shape index (κ3) is 4.56. The van der Waals surface area contributed by atoms with Crippen LogP contribution >= 0.6 is 23.2 Å². The van der Waals surface area contributed by atoms with Crippen LogP contribution in [0.25, 0.3) is 11.1 Å². The van der Waals surface area contributed by atoms with E-state index >= 15 is 0 Å². The topological polar surface area (TPSA) is 0 Å². The molecular formula is C25H30Cl2IN. The highest BCUT2D eigenvalue weighted by molar-refractivity contribution is 6.36. The molecule has 2 bridgehead atoms. The predicted molar refractivity (Wildman–Crippen MR) is 121 cm³/mol. The highest BCUT2D eigenvalue weighted by Crippen LogP contribution is 2.59. The Morgan fingerprint density at radius 3 is 2.28 bits per heavy atom. The second kappa shape index (κ2) is 8.53. The molecule has 4 heteroatoms. The van der Waals surface area contributed by atoms with Crippen LogP contribution in [0.4, 0.5) is 0 Å². The van der Waals surface area contributed by atoms with E-state index in [0.29, 0.717) is 5.41 Å². The normalized spacial score (nSPS) is 22.3. The Bertz CT molecular complexity index is 932. The third-order valence-corrected chi connectivity index (χ3v) is 7.64. The molecule has 3 aliphatic rings. The summed E-state index contributed by atoms with van der Waals surface area (Å²) in [6, 6.07) is 14.3. The summed E-state index contributed by atoms with van der Waals surface area (Å²) in [5, 5.41) is 1.50. The van der Waals surface area contributed by atoms with Gasteiger partial charge in [-0.1, -0.05) is 73.5 Å². The maximum Gasteiger partial charge on any atom is 0.104 e. The SMILES string of the molecule is CC1(C)[C@H]2CC=C(C[N+](C)(C)Cc3ccc(-c4ccccc4Cl)c(Cl)c3)[C@@H]1C2.[I-]. The number of quaternary nitrogens is 1. The van der Waals surface area contributed by atoms with Gasteiger partial charge in [0.05, 0.1) is 14.1 Å². The first kappa shape index (κ1) is 23.1. The maximum atomic E-state index is 6.65. The van der Waals surface area contributed by atoms with Gasteiger partial charge in [-0.2, -0.15) is 0 Å². The van der Waals surface area contributed by atoms with E-state index in [2.05, 4.69) is 52.2 Å². The summed E-state index contributed by atoms with van der Waals surface area (Å²) in [4.78, 5) is 0. The lowest BCUT2D eigenvalue weighted by Crippen LogP contribution is -3.00. The molecule has 1 nitrogen and oxygen atoms in total. The summed E-state index contributed by atoms with van der Waals surface area (Å²) < 4.78 is 0.949. The zero-order chi connectivity index (χ0) is 20.1. The monoisotopic (exact) mass is 541 g/mol. The van der Waals surface area contributed by atoms with E-state index in [9.17, 15) is 0 Å². The summed E-state index contributed by atoms with van der Waals surface area (Å²) in [5.41, 5.74) is 5.41. The van der Waals surface area contributed by atoms with Gasteiger partial charge in [-0.3, -0.25) is 0 Å². The van der Waals surface area contributed by atoms with Gasteiger partial charge < -0.3 is 28.5 Å². The Balaban J connectivity index is 0.00000240. The van der Waals surface area contributed by atoms with Crippen molar-refractivity contribution in [1.29, 1.82) is 0 Å². The summed E-state index contributed by atoms with van der Waals surface area (Å²) in [5.74, 6) is 1.67. The van der Waals surface area contributed by atoms with Crippen molar-refractivity contribution in [1.82, 2.24) is 0 Å². The van der Waals surface area contributed by atoms with Crippen LogP contribution in [0.5, 0.6) is 0 Å². The number of halogens is 3. The first-order valence-electron chi connectivity index (χ1n) is 10.2. The highest BCUT2D eigenvalue weighted by Gasteiger charge is 2.52. The molecule has 0 radical (unpaired) electrons. The molecule has 5 rings (SSSR count). The Labute approximate surface area is 202 Å². The van der Waals surface area contributed by atoms with Gasteiger partial charge in [0, 0.05) is 26.7 Å². The largest absolute Gasteiger partial charge is 1.00 e. The Morgan fingerprint density at radius 2 is 1.66 bits per heavy atom. The van der Waals surface area contributed by atoms with E-state index in [1.807, 2.05) is 24.3 Å². The van der Waals surface area contributed by atoms with Crippen LogP contribution in [0.3, 0.4) is 0 Å². The van der Waals surface area contributed by atoms with Gasteiger partial charge >= 0.3 is 0 Å². The molecule has 3 aliphatic carbocycles. The Hall–Kier alpha value is -0.550. The van der Waals surface area contributed by atoms with Crippen molar-refractivity contribution in [3.63, 3.8) is 0 Å². The second-order valence-corrected chi connectivity index (χ2v) is 10.7. The number of fused-ring (bicyclic) bond motifs is 1. The van der Waals surface area contributed by atoms with Crippen molar-refractivity contribution < 1.29 is 28.5 Å². The number of hydrogen-bond acceptors (Lipinski definition) is 0. The minimum absolute atomic E-state index is 0. The first-order valence-corrected chi connectivity index (χ1v) is 11.0. The molecule has 0 unspecified atom stereocenters. The minimum Gasteiger partial charge on any atom is -1.00 e. The summed E-state index contributed by atoms with van der Waals surface area (Å²) in [7, 11) is 4.66. The van der Waals surface area contributed by atoms with Gasteiger partial charge in [0.1, 0.15) is 13.1 Å². The Morgan fingerprint density at radius 1 is 0.966 bits per heavy atom. The van der Waals surface area contributed by atoms with E-state index in [1.54, 1.807) is 5.57 Å². The van der Waals surface area contributed by atoms with Crippen molar-refractivity contribution in [3.8, 4) is 11.1 Å². The van der Waals surface area contributed by atoms with Crippen LogP contribution in [-0.4, -0.2) is 25.1 Å². The summed E-state index contributed by atoms with van der Waals surface area (Å²) in [6.45, 7) is 6.99. The predicted octanol–water partition coefficient (Wildman–Crippen LogP) is 4.23. The molecule has 0 heterocycles. The zero-order valence-electron chi connectivity index (χ0n) is 17.7. The fourth-order valence-electron chi connectivity index (χ4n) is 5.26. The molecule has 29 heavy (non-hydrogen) atoms. The van der Waals surface area contributed by atoms with Crippen LogP contribution in [0, 0.1) is 17.3 Å². The van der Waals surface area contributed by atoms with Gasteiger partial charge in [-0.15, -0.1) is 0 Å². The number of hydrogen-bond donors (Lipinski definition) is 0. The number of allylic oxidation sites excluding steroid dienone is 1. The lowest BCUT2D eigenvalue weighted by molar-refractivity contribution is -0.899. The molecule has 2 aromatic carbocycles. The van der Waals surface area contributed by atoms with Gasteiger partial charge in [-0.05, 0) is 47.8 Å². The van der Waals surface area contributed by atoms with Crippen LogP contribution in [0.2, 0.25) is 10.0 Å². The Kier molecular flexibility index (Phi) is 6.80. The van der Waals surface area contributed by atoms with E-state index < -0.39 is 0 Å². The molecular weight excluding hydrogens is 512 g/mol. The number of nitrogens with zero attached hydrogens (tertiary/aromatic N) is 1. The molecule has 1 saturated carbocycles. The lowest BCUT2D eigenvalue weighted by Gasteiger charge is -2.57. The first-order chi connectivity index (χ1) is 13.2. The van der Waals surface area contributed by atoms with Crippen LogP contribution in [0.1, 0.15) is 32.3 Å². The average Bonchev–Trinajstić information content (AvgIpc) is 2.62. The molecule has 0 spiro atoms. The van der Waals surface area contributed by atoms with Crippen molar-refractivity contribution in [2.45, 2.75) is 33.2 Å². The quantitative estimate of drug-likeness (QED) is 0.302. The maximum absolute atomic E-state index is 6.65. The fourth-order valence-corrected chi connectivity index (χ4v) is 5.80. The number of likely N-dealkylation sites (N-methyl/N-ethyl adjacent to an activating group) is 1. The summed E-state index contributed by atoms with van der Waals surface area (Å²) >= 11 is 13.0. The van der Waals surface area contributed by atoms with E-state index in [0.717, 1.165) is 50.6 Å². The van der Waals surface area contributed by atoms with E-state index in [1.165, 1.54) is 18.4 Å². The standard InChI is InChI=1S/C25H30Cl2N.HI/c1-25(2)19-11-10-18(22(25)14-19)16-28(3,4)15-17-9-12-21(24(27)13-17)20-7-5-6-8-23(20)26;/h5-10,12-13,19,22H,11,14-16H2,1-4H3;1H/q+1;/p-1/t19-,22-;/m0./s1. The van der Waals surface area contributed by atoms with Gasteiger partial charge in [0.15, 0.2) is 0 Å². The van der Waals surface area contributed by atoms with Crippen LogP contribution < -0.4 is 24.0 Å². The average molecular weight is 542 g/mol. The molecule has 2 atom stereocenters. The molecule has 0 amide bonds. The molecule has 0 N–H and O–H groups in total. The zero-order valence-corrected chi connectivity index (χ0v) is 21.4. The van der Waals surface area contributed by atoms with E-state index in [-0.39, 0.29) is 24.0 Å². The molecule has 0 aromatic heterocycles. The second-order valence-electron chi connectivity index (χ2n) is 9.87. The van der Waals surface area contributed by atoms with Gasteiger partial charge in [0.2, 0.25) is 0 Å². The molecule has 0 aliphatic heterocycles. The van der Waals surface area contributed by atoms with E-state index in [4.69, 9.17) is 23.2 Å². The van der Waals surface area contributed by atoms with Gasteiger partial charge in [0.25, 0.3) is 0 Å². The molecule has 0 saturated heterocycles. The van der Waals surface area contributed by atoms with Crippen molar-refractivity contribution >= 4 is 23.2 Å².